The largest absolute Gasteiger partial charge is 0.376 e. The highest BCUT2D eigenvalue weighted by atomic mass is 16.5. The van der Waals surface area contributed by atoms with Gasteiger partial charge in [0.1, 0.15) is 0 Å². The van der Waals surface area contributed by atoms with Crippen LogP contribution in [0.2, 0.25) is 0 Å². The predicted molar refractivity (Wildman–Crippen MR) is 45.1 cm³/mol. The molecule has 2 heteroatoms. The SMILES string of the molecule is CC1(C)C[C@H](CC[NH3+])CCO1. The van der Waals surface area contributed by atoms with Gasteiger partial charge in [-0.2, -0.15) is 0 Å². The van der Waals surface area contributed by atoms with Crippen LogP contribution < -0.4 is 5.73 Å². The molecule has 1 saturated heterocycles. The quantitative estimate of drug-likeness (QED) is 0.635. The summed E-state index contributed by atoms with van der Waals surface area (Å²) in [6.45, 7) is 6.38. The first-order chi connectivity index (χ1) is 5.14. The maximum absolute atomic E-state index is 5.62. The van der Waals surface area contributed by atoms with E-state index in [1.165, 1.54) is 19.3 Å². The van der Waals surface area contributed by atoms with E-state index in [1.807, 2.05) is 0 Å². The lowest BCUT2D eigenvalue weighted by Gasteiger charge is -2.35. The molecule has 0 radical (unpaired) electrons. The number of rotatable bonds is 2. The molecule has 0 aromatic carbocycles. The number of ether oxygens (including phenoxy) is 1. The molecule has 3 N–H and O–H groups in total. The lowest BCUT2D eigenvalue weighted by Crippen LogP contribution is -2.51. The smallest absolute Gasteiger partial charge is 0.0742 e. The fraction of sp³-hybridized carbons (Fsp3) is 1.00. The second-order valence-corrected chi connectivity index (χ2v) is 4.11. The van der Waals surface area contributed by atoms with Crippen LogP contribution in [0.25, 0.3) is 0 Å². The molecule has 11 heavy (non-hydrogen) atoms. The van der Waals surface area contributed by atoms with Gasteiger partial charge in [0, 0.05) is 6.61 Å². The van der Waals surface area contributed by atoms with Crippen LogP contribution >= 0.6 is 0 Å². The van der Waals surface area contributed by atoms with Crippen molar-refractivity contribution in [2.45, 2.75) is 38.7 Å². The molecule has 0 aliphatic carbocycles. The third kappa shape index (κ3) is 2.80. The highest BCUT2D eigenvalue weighted by Gasteiger charge is 2.28. The van der Waals surface area contributed by atoms with Crippen LogP contribution in [0.5, 0.6) is 0 Å². The Bertz CT molecular complexity index is 121. The van der Waals surface area contributed by atoms with Crippen LogP contribution in [-0.2, 0) is 4.74 Å². The minimum absolute atomic E-state index is 0.123. The van der Waals surface area contributed by atoms with Gasteiger partial charge in [0.25, 0.3) is 0 Å². The molecule has 0 unspecified atom stereocenters. The highest BCUT2D eigenvalue weighted by Crippen LogP contribution is 2.29. The zero-order valence-electron chi connectivity index (χ0n) is 7.73. The van der Waals surface area contributed by atoms with Crippen LogP contribution in [0.15, 0.2) is 0 Å². The molecule has 0 aromatic heterocycles. The van der Waals surface area contributed by atoms with Crippen molar-refractivity contribution in [3.63, 3.8) is 0 Å². The first kappa shape index (κ1) is 9.01. The van der Waals surface area contributed by atoms with Crippen molar-refractivity contribution in [3.05, 3.63) is 0 Å². The molecule has 1 atom stereocenters. The lowest BCUT2D eigenvalue weighted by molar-refractivity contribution is -0.371. The van der Waals surface area contributed by atoms with E-state index in [0.29, 0.717) is 0 Å². The van der Waals surface area contributed by atoms with E-state index in [2.05, 4.69) is 19.6 Å². The van der Waals surface area contributed by atoms with Crippen LogP contribution in [0.3, 0.4) is 0 Å². The van der Waals surface area contributed by atoms with E-state index in [0.717, 1.165) is 19.1 Å². The zero-order valence-corrected chi connectivity index (χ0v) is 7.73. The Kier molecular flexibility index (Phi) is 2.90. The topological polar surface area (TPSA) is 36.9 Å². The van der Waals surface area contributed by atoms with Gasteiger partial charge in [-0.15, -0.1) is 0 Å². The van der Waals surface area contributed by atoms with Crippen molar-refractivity contribution in [1.82, 2.24) is 0 Å². The van der Waals surface area contributed by atoms with Crippen LogP contribution in [-0.4, -0.2) is 18.8 Å². The molecule has 1 aliphatic heterocycles. The Morgan fingerprint density at radius 3 is 2.82 bits per heavy atom. The van der Waals surface area contributed by atoms with Gasteiger partial charge in [0.2, 0.25) is 0 Å². The minimum atomic E-state index is 0.123. The molecule has 0 saturated carbocycles. The van der Waals surface area contributed by atoms with E-state index in [-0.39, 0.29) is 5.60 Å². The molecule has 66 valence electrons. The summed E-state index contributed by atoms with van der Waals surface area (Å²) in [5.41, 5.74) is 4.01. The summed E-state index contributed by atoms with van der Waals surface area (Å²) in [5.74, 6) is 0.858. The average molecular weight is 158 g/mol. The molecule has 1 rings (SSSR count). The second kappa shape index (κ2) is 3.55. The van der Waals surface area contributed by atoms with Gasteiger partial charge in [-0.1, -0.05) is 0 Å². The van der Waals surface area contributed by atoms with Gasteiger partial charge in [0.05, 0.1) is 12.1 Å². The Hall–Kier alpha value is -0.0800. The van der Waals surface area contributed by atoms with Crippen molar-refractivity contribution >= 4 is 0 Å². The summed E-state index contributed by atoms with van der Waals surface area (Å²) < 4.78 is 5.62. The van der Waals surface area contributed by atoms with Crippen molar-refractivity contribution < 1.29 is 10.5 Å². The lowest BCUT2D eigenvalue weighted by atomic mass is 9.86. The van der Waals surface area contributed by atoms with Gasteiger partial charge >= 0.3 is 0 Å². The molecule has 0 bridgehead atoms. The van der Waals surface area contributed by atoms with Gasteiger partial charge in [0.15, 0.2) is 0 Å². The third-order valence-corrected chi connectivity index (χ3v) is 2.41. The summed E-state index contributed by atoms with van der Waals surface area (Å²) in [6, 6.07) is 0. The molecular weight excluding hydrogens is 138 g/mol. The zero-order chi connectivity index (χ0) is 8.32. The number of quaternary nitrogens is 1. The Balaban J connectivity index is 2.34. The van der Waals surface area contributed by atoms with Crippen molar-refractivity contribution in [2.75, 3.05) is 13.2 Å². The molecule has 1 fully saturated rings. The van der Waals surface area contributed by atoms with Crippen LogP contribution in [0.1, 0.15) is 33.1 Å². The molecule has 1 aliphatic rings. The van der Waals surface area contributed by atoms with E-state index in [4.69, 9.17) is 4.74 Å². The number of hydrogen-bond donors (Lipinski definition) is 1. The summed E-state index contributed by atoms with van der Waals surface area (Å²) in [6.07, 6.45) is 3.72. The molecule has 2 nitrogen and oxygen atoms in total. The first-order valence-corrected chi connectivity index (χ1v) is 4.57. The summed E-state index contributed by atoms with van der Waals surface area (Å²) >= 11 is 0. The third-order valence-electron chi connectivity index (χ3n) is 2.41. The predicted octanol–water partition coefficient (Wildman–Crippen LogP) is 0.824. The monoisotopic (exact) mass is 158 g/mol. The summed E-state index contributed by atoms with van der Waals surface area (Å²) in [7, 11) is 0. The van der Waals surface area contributed by atoms with E-state index in [1.54, 1.807) is 0 Å². The van der Waals surface area contributed by atoms with Crippen molar-refractivity contribution in [2.24, 2.45) is 5.92 Å². The standard InChI is InChI=1S/C9H19NO/c1-9(2)7-8(3-5-10)4-6-11-9/h8H,3-7,10H2,1-2H3/p+1/t8-/m1/s1. The number of hydrogen-bond acceptors (Lipinski definition) is 1. The van der Waals surface area contributed by atoms with E-state index >= 15 is 0 Å². The van der Waals surface area contributed by atoms with Gasteiger partial charge in [-0.3, -0.25) is 0 Å². The Labute approximate surface area is 69.1 Å². The molecule has 0 aromatic rings. The fourth-order valence-corrected chi connectivity index (χ4v) is 1.89. The maximum Gasteiger partial charge on any atom is 0.0742 e. The maximum atomic E-state index is 5.62. The van der Waals surface area contributed by atoms with E-state index in [9.17, 15) is 0 Å². The van der Waals surface area contributed by atoms with Gasteiger partial charge in [-0.25, -0.2) is 0 Å². The normalized spacial score (nSPS) is 30.3. The Morgan fingerprint density at radius 1 is 1.55 bits per heavy atom. The van der Waals surface area contributed by atoms with Crippen LogP contribution in [0, 0.1) is 5.92 Å². The molecule has 1 heterocycles. The second-order valence-electron chi connectivity index (χ2n) is 4.11. The Morgan fingerprint density at radius 2 is 2.27 bits per heavy atom. The highest BCUT2D eigenvalue weighted by molar-refractivity contribution is 4.78. The summed E-state index contributed by atoms with van der Waals surface area (Å²) in [5, 5.41) is 0. The van der Waals surface area contributed by atoms with Gasteiger partial charge in [-0.05, 0) is 39.0 Å². The van der Waals surface area contributed by atoms with Crippen molar-refractivity contribution in [3.8, 4) is 0 Å². The van der Waals surface area contributed by atoms with E-state index < -0.39 is 0 Å². The summed E-state index contributed by atoms with van der Waals surface area (Å²) in [4.78, 5) is 0. The molecule has 0 amide bonds. The van der Waals surface area contributed by atoms with Crippen LogP contribution in [0.4, 0.5) is 0 Å². The fourth-order valence-electron chi connectivity index (χ4n) is 1.89. The molecule has 0 spiro atoms. The van der Waals surface area contributed by atoms with Gasteiger partial charge < -0.3 is 10.5 Å². The average Bonchev–Trinajstić information content (AvgIpc) is 1.85. The minimum Gasteiger partial charge on any atom is -0.376 e. The first-order valence-electron chi connectivity index (χ1n) is 4.57. The van der Waals surface area contributed by atoms with Crippen molar-refractivity contribution in [1.29, 1.82) is 0 Å². The molecular formula is C9H20NO+.